The van der Waals surface area contributed by atoms with Crippen LogP contribution in [0.4, 0.5) is 0 Å². The van der Waals surface area contributed by atoms with E-state index in [1.807, 2.05) is 37.3 Å². The van der Waals surface area contributed by atoms with Gasteiger partial charge in [0.05, 0.1) is 0 Å². The third-order valence-electron chi connectivity index (χ3n) is 2.43. The van der Waals surface area contributed by atoms with Gasteiger partial charge in [-0.25, -0.2) is 0 Å². The van der Waals surface area contributed by atoms with Crippen molar-refractivity contribution in [1.82, 2.24) is 0 Å². The summed E-state index contributed by atoms with van der Waals surface area (Å²) < 4.78 is 5.71. The summed E-state index contributed by atoms with van der Waals surface area (Å²) in [6.07, 6.45) is 3.88. The van der Waals surface area contributed by atoms with E-state index in [4.69, 9.17) is 10.2 Å². The van der Waals surface area contributed by atoms with Crippen molar-refractivity contribution in [3.05, 3.63) is 41.7 Å². The molecule has 1 aromatic heterocycles. The molecular weight excluding hydrogens is 186 g/mol. The Morgan fingerprint density at radius 3 is 2.73 bits per heavy atom. The first-order valence-corrected chi connectivity index (χ1v) is 5.10. The monoisotopic (exact) mass is 201 g/mol. The lowest BCUT2D eigenvalue weighted by atomic mass is 10.1. The quantitative estimate of drug-likeness (QED) is 0.810. The molecular formula is C13H15NO. The van der Waals surface area contributed by atoms with E-state index in [0.29, 0.717) is 0 Å². The van der Waals surface area contributed by atoms with E-state index >= 15 is 0 Å². The molecule has 1 atom stereocenters. The zero-order valence-electron chi connectivity index (χ0n) is 9.03. The predicted octanol–water partition coefficient (Wildman–Crippen LogP) is 3.10. The van der Waals surface area contributed by atoms with Crippen molar-refractivity contribution < 1.29 is 4.42 Å². The summed E-state index contributed by atoms with van der Waals surface area (Å²) in [7, 11) is 0. The van der Waals surface area contributed by atoms with Crippen LogP contribution in [0.2, 0.25) is 0 Å². The number of benzene rings is 1. The molecule has 1 unspecified atom stereocenters. The highest BCUT2D eigenvalue weighted by Crippen LogP contribution is 2.25. The maximum atomic E-state index is 5.71. The molecule has 2 rings (SSSR count). The minimum atomic E-state index is 0.0533. The van der Waals surface area contributed by atoms with Crippen LogP contribution in [-0.4, -0.2) is 6.04 Å². The van der Waals surface area contributed by atoms with E-state index < -0.39 is 0 Å². The van der Waals surface area contributed by atoms with E-state index in [-0.39, 0.29) is 6.04 Å². The number of nitrogens with two attached hydrogens (primary N) is 1. The Morgan fingerprint density at radius 2 is 2.07 bits per heavy atom. The lowest BCUT2D eigenvalue weighted by molar-refractivity contribution is 0.600. The van der Waals surface area contributed by atoms with Crippen LogP contribution in [0.1, 0.15) is 18.2 Å². The summed E-state index contributed by atoms with van der Waals surface area (Å²) in [5.41, 5.74) is 7.75. The molecule has 0 saturated heterocycles. The Hall–Kier alpha value is -1.54. The van der Waals surface area contributed by atoms with Gasteiger partial charge < -0.3 is 10.2 Å². The lowest BCUT2D eigenvalue weighted by Crippen LogP contribution is -2.09. The number of rotatable bonds is 2. The van der Waals surface area contributed by atoms with Gasteiger partial charge in [0, 0.05) is 17.0 Å². The topological polar surface area (TPSA) is 39.2 Å². The average Bonchev–Trinajstić information content (AvgIpc) is 2.54. The lowest BCUT2D eigenvalue weighted by Gasteiger charge is -1.93. The zero-order valence-corrected chi connectivity index (χ0v) is 9.03. The fourth-order valence-electron chi connectivity index (χ4n) is 1.59. The number of furan rings is 1. The normalized spacial score (nSPS) is 13.8. The first-order chi connectivity index (χ1) is 7.18. The molecule has 0 aliphatic carbocycles. The summed E-state index contributed by atoms with van der Waals surface area (Å²) in [4.78, 5) is 0. The van der Waals surface area contributed by atoms with Gasteiger partial charge in [-0.05, 0) is 26.0 Å². The van der Waals surface area contributed by atoms with Gasteiger partial charge in [0.1, 0.15) is 11.3 Å². The molecule has 2 aromatic rings. The highest BCUT2D eigenvalue weighted by atomic mass is 16.3. The second-order valence-corrected chi connectivity index (χ2v) is 3.81. The SMILES string of the molecule is Cc1c(/C=C/C(C)N)oc2ccccc12. The van der Waals surface area contributed by atoms with Gasteiger partial charge in [-0.15, -0.1) is 0 Å². The first kappa shape index (κ1) is 9.99. The maximum absolute atomic E-state index is 5.71. The number of para-hydroxylation sites is 1. The van der Waals surface area contributed by atoms with Crippen molar-refractivity contribution in [2.75, 3.05) is 0 Å². The second-order valence-electron chi connectivity index (χ2n) is 3.81. The third-order valence-corrected chi connectivity index (χ3v) is 2.43. The van der Waals surface area contributed by atoms with Crippen LogP contribution >= 0.6 is 0 Å². The molecule has 0 radical (unpaired) electrons. The van der Waals surface area contributed by atoms with E-state index in [9.17, 15) is 0 Å². The minimum Gasteiger partial charge on any atom is -0.456 e. The Kier molecular flexibility index (Phi) is 2.60. The highest BCUT2D eigenvalue weighted by Gasteiger charge is 2.06. The van der Waals surface area contributed by atoms with Crippen molar-refractivity contribution in [2.24, 2.45) is 5.73 Å². The van der Waals surface area contributed by atoms with Gasteiger partial charge in [-0.2, -0.15) is 0 Å². The molecule has 0 bridgehead atoms. The zero-order chi connectivity index (χ0) is 10.8. The van der Waals surface area contributed by atoms with Crippen LogP contribution in [0.3, 0.4) is 0 Å². The predicted molar refractivity (Wildman–Crippen MR) is 63.6 cm³/mol. The molecule has 0 fully saturated rings. The van der Waals surface area contributed by atoms with Crippen LogP contribution < -0.4 is 5.73 Å². The molecule has 15 heavy (non-hydrogen) atoms. The van der Waals surface area contributed by atoms with Crippen LogP contribution in [0.15, 0.2) is 34.8 Å². The minimum absolute atomic E-state index is 0.0533. The van der Waals surface area contributed by atoms with Gasteiger partial charge in [-0.3, -0.25) is 0 Å². The molecule has 1 aromatic carbocycles. The number of aryl methyl sites for hydroxylation is 1. The summed E-state index contributed by atoms with van der Waals surface area (Å²) in [6.45, 7) is 4.00. The van der Waals surface area contributed by atoms with Crippen LogP contribution in [0.5, 0.6) is 0 Å². The molecule has 2 heteroatoms. The highest BCUT2D eigenvalue weighted by molar-refractivity contribution is 5.84. The molecule has 0 saturated carbocycles. The summed E-state index contributed by atoms with van der Waals surface area (Å²) >= 11 is 0. The Bertz CT molecular complexity index is 494. The van der Waals surface area contributed by atoms with Gasteiger partial charge >= 0.3 is 0 Å². The van der Waals surface area contributed by atoms with Gasteiger partial charge in [0.25, 0.3) is 0 Å². The molecule has 2 nitrogen and oxygen atoms in total. The maximum Gasteiger partial charge on any atom is 0.135 e. The molecule has 0 amide bonds. The van der Waals surface area contributed by atoms with Crippen molar-refractivity contribution >= 4 is 17.0 Å². The largest absolute Gasteiger partial charge is 0.456 e. The fraction of sp³-hybridized carbons (Fsp3) is 0.231. The standard InChI is InChI=1S/C13H15NO/c1-9(14)7-8-12-10(2)11-5-3-4-6-13(11)15-12/h3-9H,14H2,1-2H3/b8-7+. The van der Waals surface area contributed by atoms with Crippen molar-refractivity contribution in [1.29, 1.82) is 0 Å². The molecule has 2 N–H and O–H groups in total. The summed E-state index contributed by atoms with van der Waals surface area (Å²) in [5, 5.41) is 1.17. The fourth-order valence-corrected chi connectivity index (χ4v) is 1.59. The van der Waals surface area contributed by atoms with Crippen molar-refractivity contribution in [3.63, 3.8) is 0 Å². The number of hydrogen-bond acceptors (Lipinski definition) is 2. The van der Waals surface area contributed by atoms with Crippen molar-refractivity contribution in [3.8, 4) is 0 Å². The first-order valence-electron chi connectivity index (χ1n) is 5.10. The molecule has 1 heterocycles. The Balaban J connectivity index is 2.49. The molecule has 0 spiro atoms. The van der Waals surface area contributed by atoms with Crippen molar-refractivity contribution in [2.45, 2.75) is 19.9 Å². The van der Waals surface area contributed by atoms with Gasteiger partial charge in [-0.1, -0.05) is 24.3 Å². The third kappa shape index (κ3) is 1.95. The van der Waals surface area contributed by atoms with E-state index in [1.165, 1.54) is 10.9 Å². The van der Waals surface area contributed by atoms with Crippen LogP contribution in [0.25, 0.3) is 17.0 Å². The molecule has 0 aliphatic heterocycles. The molecule has 78 valence electrons. The summed E-state index contributed by atoms with van der Waals surface area (Å²) in [5.74, 6) is 0.897. The summed E-state index contributed by atoms with van der Waals surface area (Å²) in [6, 6.07) is 8.09. The Labute approximate surface area is 89.4 Å². The van der Waals surface area contributed by atoms with Gasteiger partial charge in [0.2, 0.25) is 0 Å². The van der Waals surface area contributed by atoms with Crippen LogP contribution in [0, 0.1) is 6.92 Å². The number of fused-ring (bicyclic) bond motifs is 1. The van der Waals surface area contributed by atoms with Crippen LogP contribution in [-0.2, 0) is 0 Å². The number of hydrogen-bond donors (Lipinski definition) is 1. The van der Waals surface area contributed by atoms with E-state index in [1.54, 1.807) is 0 Å². The van der Waals surface area contributed by atoms with E-state index in [2.05, 4.69) is 13.0 Å². The molecule has 0 aliphatic rings. The smallest absolute Gasteiger partial charge is 0.135 e. The van der Waals surface area contributed by atoms with Gasteiger partial charge in [0.15, 0.2) is 0 Å². The second kappa shape index (κ2) is 3.91. The van der Waals surface area contributed by atoms with E-state index in [0.717, 1.165) is 11.3 Å². The Morgan fingerprint density at radius 1 is 1.33 bits per heavy atom. The average molecular weight is 201 g/mol.